The third kappa shape index (κ3) is 7.74. The normalized spacial score (nSPS) is 15.2. The van der Waals surface area contributed by atoms with Crippen LogP contribution in [0.15, 0.2) is 88.5 Å². The third-order valence-electron chi connectivity index (χ3n) is 8.01. The van der Waals surface area contributed by atoms with Crippen LogP contribution in [0.25, 0.3) is 0 Å². The predicted molar refractivity (Wildman–Crippen MR) is 184 cm³/mol. The highest BCUT2D eigenvalue weighted by Crippen LogP contribution is 2.42. The number of methoxy groups -OCH3 is 1. The largest absolute Gasteiger partial charge is 0.495 e. The lowest BCUT2D eigenvalue weighted by atomic mass is 9.97. The molecular weight excluding hydrogens is 619 g/mol. The molecule has 1 N–H and O–H groups in total. The van der Waals surface area contributed by atoms with Gasteiger partial charge in [-0.15, -0.1) is 11.3 Å². The van der Waals surface area contributed by atoms with Gasteiger partial charge >= 0.3 is 0 Å². The van der Waals surface area contributed by atoms with Crippen molar-refractivity contribution in [3.8, 4) is 11.5 Å². The fourth-order valence-corrected chi connectivity index (χ4v) is 8.79. The Balaban J connectivity index is 1.47. The number of nitrogens with one attached hydrogen (secondary N) is 1. The number of hydrogen-bond acceptors (Lipinski definition) is 7. The molecule has 0 saturated heterocycles. The van der Waals surface area contributed by atoms with Crippen molar-refractivity contribution in [2.45, 2.75) is 56.5 Å². The Hall–Kier alpha value is -3.86. The summed E-state index contributed by atoms with van der Waals surface area (Å²) in [4.78, 5) is 16.3. The van der Waals surface area contributed by atoms with Gasteiger partial charge < -0.3 is 19.7 Å². The molecule has 46 heavy (non-hydrogen) atoms. The maximum absolute atomic E-state index is 14.4. The number of aryl methyl sites for hydroxylation is 1. The number of carbonyl (C=O) groups excluding carboxylic acids is 1. The lowest BCUT2D eigenvalue weighted by Gasteiger charge is -2.34. The van der Waals surface area contributed by atoms with Crippen molar-refractivity contribution in [2.24, 2.45) is 5.92 Å². The molecule has 4 aromatic rings. The summed E-state index contributed by atoms with van der Waals surface area (Å²) in [5.74, 6) is 1.49. The highest BCUT2D eigenvalue weighted by molar-refractivity contribution is 7.94. The van der Waals surface area contributed by atoms with Crippen molar-refractivity contribution in [1.29, 1.82) is 0 Å². The van der Waals surface area contributed by atoms with E-state index >= 15 is 0 Å². The molecule has 0 spiro atoms. The van der Waals surface area contributed by atoms with Crippen molar-refractivity contribution in [2.75, 3.05) is 31.6 Å². The zero-order chi connectivity index (χ0) is 32.8. The number of fused-ring (bicyclic) bond motifs is 1. The van der Waals surface area contributed by atoms with E-state index in [9.17, 15) is 13.2 Å². The van der Waals surface area contributed by atoms with Gasteiger partial charge in [0.05, 0.1) is 37.9 Å². The van der Waals surface area contributed by atoms with Crippen molar-refractivity contribution >= 4 is 33.0 Å². The van der Waals surface area contributed by atoms with Crippen LogP contribution in [0.2, 0.25) is 0 Å². The first-order chi connectivity index (χ1) is 22.1. The molecule has 10 heteroatoms. The van der Waals surface area contributed by atoms with Crippen molar-refractivity contribution < 1.29 is 22.7 Å². The number of ether oxygens (including phenoxy) is 2. The Morgan fingerprint density at radius 1 is 1.07 bits per heavy atom. The van der Waals surface area contributed by atoms with E-state index in [-0.39, 0.29) is 22.6 Å². The predicted octanol–water partition coefficient (Wildman–Crippen LogP) is 7.12. The molecule has 1 aliphatic heterocycles. The molecule has 1 aliphatic rings. The molecule has 8 nitrogen and oxygen atoms in total. The van der Waals surface area contributed by atoms with Gasteiger partial charge in [0.2, 0.25) is 5.91 Å². The fraction of sp³-hybridized carbons (Fsp3) is 0.361. The monoisotopic (exact) mass is 661 g/mol. The summed E-state index contributed by atoms with van der Waals surface area (Å²) < 4.78 is 42.1. The van der Waals surface area contributed by atoms with E-state index in [2.05, 4.69) is 43.2 Å². The SMILES string of the molecule is COc1ccc(C)cc1N(C(CC(=O)NC1CCOc2cc(CN(C)CC(C)C)ccc21)c1ccccc1)S(=O)(=O)c1cccs1. The molecule has 2 heterocycles. The molecule has 3 aromatic carbocycles. The lowest BCUT2D eigenvalue weighted by Crippen LogP contribution is -2.39. The first-order valence-electron chi connectivity index (χ1n) is 15.6. The fourth-order valence-electron chi connectivity index (χ4n) is 6.07. The maximum Gasteiger partial charge on any atom is 0.274 e. The Labute approximate surface area is 277 Å². The summed E-state index contributed by atoms with van der Waals surface area (Å²) >= 11 is 1.14. The standard InChI is InChI=1S/C36H43N3O5S2/c1-25(2)23-38(4)24-27-14-15-29-30(17-18-44-34(29)21-27)37-35(40)22-31(28-10-7-6-8-11-28)39(46(41,42)36-12-9-19-45-36)32-20-26(3)13-16-33(32)43-5/h6-16,19-21,25,30-31H,17-18,22-24H2,1-5H3,(H,37,40). The second-order valence-electron chi connectivity index (χ2n) is 12.3. The molecule has 0 fully saturated rings. The average molecular weight is 662 g/mol. The molecule has 0 radical (unpaired) electrons. The molecule has 2 unspecified atom stereocenters. The van der Waals surface area contributed by atoms with Gasteiger partial charge in [0, 0.05) is 25.1 Å². The lowest BCUT2D eigenvalue weighted by molar-refractivity contribution is -0.122. The van der Waals surface area contributed by atoms with Gasteiger partial charge in [-0.3, -0.25) is 9.10 Å². The minimum absolute atomic E-state index is 0.101. The topological polar surface area (TPSA) is 88.2 Å². The number of carbonyl (C=O) groups is 1. The first kappa shape index (κ1) is 33.5. The highest BCUT2D eigenvalue weighted by atomic mass is 32.2. The summed E-state index contributed by atoms with van der Waals surface area (Å²) in [5, 5.41) is 4.95. The first-order valence-corrected chi connectivity index (χ1v) is 17.9. The number of amides is 1. The summed E-state index contributed by atoms with van der Waals surface area (Å²) in [7, 11) is -0.459. The second-order valence-corrected chi connectivity index (χ2v) is 15.2. The Morgan fingerprint density at radius 2 is 1.85 bits per heavy atom. The molecule has 1 amide bonds. The maximum atomic E-state index is 14.4. The Morgan fingerprint density at radius 3 is 2.54 bits per heavy atom. The van der Waals surface area contributed by atoms with Crippen molar-refractivity contribution in [3.63, 3.8) is 0 Å². The summed E-state index contributed by atoms with van der Waals surface area (Å²) in [5.41, 5.74) is 4.02. The number of anilines is 1. The van der Waals surface area contributed by atoms with E-state index in [4.69, 9.17) is 9.47 Å². The molecule has 0 bridgehead atoms. The summed E-state index contributed by atoms with van der Waals surface area (Å²) in [6.45, 7) is 8.59. The quantitative estimate of drug-likeness (QED) is 0.164. The molecule has 5 rings (SSSR count). The van der Waals surface area contributed by atoms with Gasteiger partial charge in [0.1, 0.15) is 15.7 Å². The van der Waals surface area contributed by atoms with E-state index < -0.39 is 16.1 Å². The van der Waals surface area contributed by atoms with Crippen LogP contribution in [-0.2, 0) is 21.4 Å². The highest BCUT2D eigenvalue weighted by Gasteiger charge is 2.37. The van der Waals surface area contributed by atoms with Gasteiger partial charge in [-0.25, -0.2) is 8.42 Å². The van der Waals surface area contributed by atoms with E-state index in [1.54, 1.807) is 29.6 Å². The number of hydrogen-bond donors (Lipinski definition) is 1. The van der Waals surface area contributed by atoms with Crippen LogP contribution in [0.4, 0.5) is 5.69 Å². The van der Waals surface area contributed by atoms with Crippen LogP contribution in [-0.4, -0.2) is 46.5 Å². The zero-order valence-corrected chi connectivity index (χ0v) is 28.7. The molecule has 0 saturated carbocycles. The number of thiophene rings is 1. The minimum atomic E-state index is -4.09. The third-order valence-corrected chi connectivity index (χ3v) is 11.2. The zero-order valence-electron chi connectivity index (χ0n) is 27.1. The van der Waals surface area contributed by atoms with Gasteiger partial charge in [-0.05, 0) is 66.2 Å². The Bertz CT molecular complexity index is 1730. The van der Waals surface area contributed by atoms with Crippen LogP contribution in [0.1, 0.15) is 61.0 Å². The van der Waals surface area contributed by atoms with Crippen LogP contribution in [0, 0.1) is 12.8 Å². The summed E-state index contributed by atoms with van der Waals surface area (Å²) in [6.07, 6.45) is 0.515. The van der Waals surface area contributed by atoms with Crippen molar-refractivity contribution in [3.05, 3.63) is 106 Å². The number of rotatable bonds is 13. The van der Waals surface area contributed by atoms with Gasteiger partial charge in [0.15, 0.2) is 0 Å². The van der Waals surface area contributed by atoms with E-state index in [0.717, 1.165) is 46.9 Å². The smallest absolute Gasteiger partial charge is 0.274 e. The van der Waals surface area contributed by atoms with Gasteiger partial charge in [0.25, 0.3) is 10.0 Å². The molecule has 2 atom stereocenters. The van der Waals surface area contributed by atoms with Crippen LogP contribution in [0.3, 0.4) is 0 Å². The van der Waals surface area contributed by atoms with Crippen LogP contribution in [0.5, 0.6) is 11.5 Å². The number of benzene rings is 3. The molecule has 0 aliphatic carbocycles. The van der Waals surface area contributed by atoms with Crippen molar-refractivity contribution in [1.82, 2.24) is 10.2 Å². The Kier molecular flexibility index (Phi) is 10.7. The minimum Gasteiger partial charge on any atom is -0.495 e. The molecular formula is C36H43N3O5S2. The van der Waals surface area contributed by atoms with Crippen LogP contribution >= 0.6 is 11.3 Å². The summed E-state index contributed by atoms with van der Waals surface area (Å²) in [6, 6.07) is 23.1. The second kappa shape index (κ2) is 14.7. The van der Waals surface area contributed by atoms with Crippen LogP contribution < -0.4 is 19.1 Å². The number of sulfonamides is 1. The van der Waals surface area contributed by atoms with E-state index in [1.807, 2.05) is 49.4 Å². The van der Waals surface area contributed by atoms with E-state index in [1.165, 1.54) is 11.4 Å². The van der Waals surface area contributed by atoms with Gasteiger partial charge in [-0.2, -0.15) is 0 Å². The number of nitrogens with zero attached hydrogens (tertiary/aromatic N) is 2. The average Bonchev–Trinajstić information content (AvgIpc) is 3.57. The van der Waals surface area contributed by atoms with Gasteiger partial charge in [-0.1, -0.05) is 68.4 Å². The van der Waals surface area contributed by atoms with E-state index in [0.29, 0.717) is 35.9 Å². The molecule has 244 valence electrons. The molecule has 1 aromatic heterocycles.